The summed E-state index contributed by atoms with van der Waals surface area (Å²) in [4.78, 5) is 11.8. The molecule has 0 aliphatic rings. The van der Waals surface area contributed by atoms with E-state index in [1.54, 1.807) is 19.9 Å². The molecule has 39 heavy (non-hydrogen) atoms. The molecule has 1 N–H and O–H groups in total. The van der Waals surface area contributed by atoms with Crippen LogP contribution >= 0.6 is 11.6 Å². The molecule has 1 heterocycles. The molecule has 0 bridgehead atoms. The number of carbonyl (C=O) groups is 1. The van der Waals surface area contributed by atoms with Crippen molar-refractivity contribution >= 4 is 17.6 Å². The predicted molar refractivity (Wildman–Crippen MR) is 157 cm³/mol. The number of carboxylic acid groups (broad SMARTS) is 1. The molecule has 196 valence electrons. The first-order valence-electron chi connectivity index (χ1n) is 12.8. The highest BCUT2D eigenvalue weighted by atomic mass is 35.5. The molecule has 0 aliphatic heterocycles. The minimum atomic E-state index is -1.31. The summed E-state index contributed by atoms with van der Waals surface area (Å²) in [6.45, 7) is 5.46. The Labute approximate surface area is 233 Å². The van der Waals surface area contributed by atoms with Crippen LogP contribution in [0.1, 0.15) is 25.8 Å². The molecule has 0 saturated heterocycles. The van der Waals surface area contributed by atoms with Crippen LogP contribution in [0.4, 0.5) is 0 Å². The third-order valence-electron chi connectivity index (χ3n) is 6.95. The Hall–Kier alpha value is -4.35. The molecular formula is C33H29ClN2O3. The summed E-state index contributed by atoms with van der Waals surface area (Å²) >= 11 is 6.17. The number of halogens is 1. The quantitative estimate of drug-likeness (QED) is 0.216. The Morgan fingerprint density at radius 2 is 1.59 bits per heavy atom. The molecule has 1 unspecified atom stereocenters. The lowest BCUT2D eigenvalue weighted by Gasteiger charge is -2.25. The van der Waals surface area contributed by atoms with Crippen molar-refractivity contribution in [3.63, 3.8) is 0 Å². The number of aliphatic carboxylic acids is 1. The summed E-state index contributed by atoms with van der Waals surface area (Å²) in [6.07, 6.45) is 0.340. The molecule has 0 amide bonds. The maximum absolute atomic E-state index is 11.8. The molecule has 0 spiro atoms. The molecule has 5 rings (SSSR count). The van der Waals surface area contributed by atoms with E-state index in [1.807, 2.05) is 71.4 Å². The highest BCUT2D eigenvalue weighted by Crippen LogP contribution is 2.36. The number of aryl methyl sites for hydroxylation is 1. The lowest BCUT2D eigenvalue weighted by atomic mass is 9.97. The Bertz CT molecular complexity index is 1560. The molecule has 5 aromatic rings. The predicted octanol–water partition coefficient (Wildman–Crippen LogP) is 8.47. The number of nitrogens with zero attached hydrogens (tertiary/aromatic N) is 2. The Kier molecular flexibility index (Phi) is 7.27. The van der Waals surface area contributed by atoms with Crippen LogP contribution in [0.15, 0.2) is 103 Å². The van der Waals surface area contributed by atoms with Crippen LogP contribution < -0.4 is 4.74 Å². The summed E-state index contributed by atoms with van der Waals surface area (Å²) in [5.74, 6) is -0.492. The average molecular weight is 537 g/mol. The van der Waals surface area contributed by atoms with Gasteiger partial charge in [0.15, 0.2) is 0 Å². The average Bonchev–Trinajstić information content (AvgIpc) is 3.39. The van der Waals surface area contributed by atoms with Crippen LogP contribution in [0.25, 0.3) is 39.3 Å². The van der Waals surface area contributed by atoms with E-state index in [1.165, 1.54) is 5.56 Å². The molecule has 6 heteroatoms. The van der Waals surface area contributed by atoms with E-state index in [2.05, 4.69) is 37.3 Å². The first-order valence-corrected chi connectivity index (χ1v) is 13.2. The monoisotopic (exact) mass is 536 g/mol. The van der Waals surface area contributed by atoms with Crippen LogP contribution in [0.2, 0.25) is 5.02 Å². The van der Waals surface area contributed by atoms with Gasteiger partial charge in [0, 0.05) is 16.1 Å². The molecule has 0 radical (unpaired) electrons. The van der Waals surface area contributed by atoms with Crippen LogP contribution in [-0.2, 0) is 4.79 Å². The second-order valence-electron chi connectivity index (χ2n) is 9.73. The number of benzene rings is 4. The van der Waals surface area contributed by atoms with Gasteiger partial charge in [-0.1, -0.05) is 84.8 Å². The Morgan fingerprint density at radius 3 is 2.26 bits per heavy atom. The smallest absolute Gasteiger partial charge is 0.347 e. The second kappa shape index (κ2) is 10.8. The molecule has 4 aromatic carbocycles. The van der Waals surface area contributed by atoms with Crippen molar-refractivity contribution in [2.75, 3.05) is 0 Å². The fourth-order valence-corrected chi connectivity index (χ4v) is 4.56. The van der Waals surface area contributed by atoms with Crippen LogP contribution in [0.3, 0.4) is 0 Å². The molecule has 1 atom stereocenters. The molecule has 0 saturated carbocycles. The van der Waals surface area contributed by atoms with Gasteiger partial charge in [-0.15, -0.1) is 0 Å². The fraction of sp³-hybridized carbons (Fsp3) is 0.152. The van der Waals surface area contributed by atoms with Gasteiger partial charge in [0.25, 0.3) is 0 Å². The standard InChI is InChI=1S/C33H29ClN2O3/c1-4-33(3,32(37)38)39-27-9-7-8-24(20-27)28-10-5-6-11-29(28)30-21-31(23-14-12-22(2)13-15-23)36(35-30)26-18-16-25(34)17-19-26/h5-21H,4H2,1-3H3,(H,37,38). The van der Waals surface area contributed by atoms with Gasteiger partial charge in [-0.3, -0.25) is 0 Å². The Morgan fingerprint density at radius 1 is 0.897 bits per heavy atom. The fourth-order valence-electron chi connectivity index (χ4n) is 4.43. The highest BCUT2D eigenvalue weighted by molar-refractivity contribution is 6.30. The number of rotatable bonds is 8. The zero-order valence-electron chi connectivity index (χ0n) is 22.1. The van der Waals surface area contributed by atoms with Crippen molar-refractivity contribution in [1.29, 1.82) is 0 Å². The largest absolute Gasteiger partial charge is 0.478 e. The number of hydrogen-bond donors (Lipinski definition) is 1. The van der Waals surface area contributed by atoms with E-state index in [4.69, 9.17) is 21.4 Å². The third-order valence-corrected chi connectivity index (χ3v) is 7.20. The van der Waals surface area contributed by atoms with Crippen molar-refractivity contribution in [3.8, 4) is 45.1 Å². The van der Waals surface area contributed by atoms with E-state index in [0.29, 0.717) is 17.2 Å². The first-order chi connectivity index (χ1) is 18.8. The van der Waals surface area contributed by atoms with E-state index in [-0.39, 0.29) is 0 Å². The van der Waals surface area contributed by atoms with Gasteiger partial charge < -0.3 is 9.84 Å². The second-order valence-corrected chi connectivity index (χ2v) is 10.2. The van der Waals surface area contributed by atoms with Gasteiger partial charge in [-0.2, -0.15) is 5.10 Å². The van der Waals surface area contributed by atoms with Gasteiger partial charge >= 0.3 is 5.97 Å². The summed E-state index contributed by atoms with van der Waals surface area (Å²) in [5, 5.41) is 15.4. The lowest BCUT2D eigenvalue weighted by molar-refractivity contribution is -0.154. The van der Waals surface area contributed by atoms with Crippen molar-refractivity contribution in [3.05, 3.63) is 114 Å². The summed E-state index contributed by atoms with van der Waals surface area (Å²) in [5.41, 5.74) is 6.43. The molecule has 5 nitrogen and oxygen atoms in total. The van der Waals surface area contributed by atoms with E-state index >= 15 is 0 Å². The van der Waals surface area contributed by atoms with Gasteiger partial charge in [0.1, 0.15) is 5.75 Å². The molecule has 0 fully saturated rings. The minimum absolute atomic E-state index is 0.340. The first kappa shape index (κ1) is 26.3. The van der Waals surface area contributed by atoms with Crippen molar-refractivity contribution in [1.82, 2.24) is 9.78 Å². The van der Waals surface area contributed by atoms with Gasteiger partial charge in [-0.25, -0.2) is 9.48 Å². The van der Waals surface area contributed by atoms with Crippen molar-refractivity contribution < 1.29 is 14.6 Å². The Balaban J connectivity index is 1.62. The summed E-state index contributed by atoms with van der Waals surface area (Å²) < 4.78 is 7.89. The number of hydrogen-bond acceptors (Lipinski definition) is 3. The SMILES string of the molecule is CCC(C)(Oc1cccc(-c2ccccc2-c2cc(-c3ccc(C)cc3)n(-c3ccc(Cl)cc3)n2)c1)C(=O)O. The van der Waals surface area contributed by atoms with Crippen LogP contribution in [0, 0.1) is 6.92 Å². The highest BCUT2D eigenvalue weighted by Gasteiger charge is 2.33. The van der Waals surface area contributed by atoms with Crippen molar-refractivity contribution in [2.24, 2.45) is 0 Å². The molecule has 1 aromatic heterocycles. The molecule has 0 aliphatic carbocycles. The maximum Gasteiger partial charge on any atom is 0.347 e. The zero-order chi connectivity index (χ0) is 27.6. The van der Waals surface area contributed by atoms with Gasteiger partial charge in [-0.05, 0) is 73.9 Å². The lowest BCUT2D eigenvalue weighted by Crippen LogP contribution is -2.40. The molecular weight excluding hydrogens is 508 g/mol. The van der Waals surface area contributed by atoms with E-state index in [9.17, 15) is 9.90 Å². The number of ether oxygens (including phenoxy) is 1. The van der Waals surface area contributed by atoms with Crippen LogP contribution in [0.5, 0.6) is 5.75 Å². The minimum Gasteiger partial charge on any atom is -0.478 e. The summed E-state index contributed by atoms with van der Waals surface area (Å²) in [6, 6.07) is 33.7. The van der Waals surface area contributed by atoms with E-state index in [0.717, 1.165) is 39.3 Å². The van der Waals surface area contributed by atoms with E-state index < -0.39 is 11.6 Å². The third kappa shape index (κ3) is 5.45. The summed E-state index contributed by atoms with van der Waals surface area (Å²) in [7, 11) is 0. The maximum atomic E-state index is 11.8. The normalized spacial score (nSPS) is 12.6. The number of aromatic nitrogens is 2. The van der Waals surface area contributed by atoms with Gasteiger partial charge in [0.2, 0.25) is 5.60 Å². The van der Waals surface area contributed by atoms with Crippen molar-refractivity contribution in [2.45, 2.75) is 32.8 Å². The topological polar surface area (TPSA) is 64.4 Å². The van der Waals surface area contributed by atoms with Gasteiger partial charge in [0.05, 0.1) is 17.1 Å². The number of carboxylic acids is 1. The van der Waals surface area contributed by atoms with Crippen LogP contribution in [-0.4, -0.2) is 26.5 Å². The zero-order valence-corrected chi connectivity index (χ0v) is 22.8.